The van der Waals surface area contributed by atoms with Crippen molar-refractivity contribution >= 4 is 25.7 Å². The summed E-state index contributed by atoms with van der Waals surface area (Å²) in [6.07, 6.45) is 0. The van der Waals surface area contributed by atoms with Gasteiger partial charge in [0.2, 0.25) is 0 Å². The SMILES string of the molecule is C[CH2][Sn]([CH2]C)[CH2]C.O=C(O)CO. The van der Waals surface area contributed by atoms with E-state index in [4.69, 9.17) is 15.0 Å². The predicted octanol–water partition coefficient (Wildman–Crippen LogP) is 1.60. The zero-order valence-corrected chi connectivity index (χ0v) is 11.0. The summed E-state index contributed by atoms with van der Waals surface area (Å²) in [5, 5.41) is 15.0. The third kappa shape index (κ3) is 12.9. The van der Waals surface area contributed by atoms with Crippen molar-refractivity contribution in [2.24, 2.45) is 0 Å². The number of hydrogen-bond acceptors (Lipinski definition) is 2. The van der Waals surface area contributed by atoms with E-state index >= 15 is 0 Å². The molecule has 0 fully saturated rings. The van der Waals surface area contributed by atoms with Gasteiger partial charge in [0.05, 0.1) is 0 Å². The van der Waals surface area contributed by atoms with Gasteiger partial charge >= 0.3 is 59.8 Å². The second kappa shape index (κ2) is 11.2. The number of carboxylic acids is 1. The first-order valence-electron chi connectivity index (χ1n) is 4.28. The second-order valence-corrected chi connectivity index (χ2v) is 12.7. The summed E-state index contributed by atoms with van der Waals surface area (Å²) in [5.41, 5.74) is 0. The number of carbonyl (C=O) groups is 1. The van der Waals surface area contributed by atoms with E-state index in [9.17, 15) is 0 Å². The topological polar surface area (TPSA) is 57.5 Å². The summed E-state index contributed by atoms with van der Waals surface area (Å²) in [4.78, 5) is 9.12. The molecule has 1 radical (unpaired) electrons. The fraction of sp³-hybridized carbons (Fsp3) is 0.875. The van der Waals surface area contributed by atoms with Crippen molar-refractivity contribution in [3.8, 4) is 0 Å². The molecule has 0 heterocycles. The van der Waals surface area contributed by atoms with E-state index in [2.05, 4.69) is 20.8 Å². The molecule has 0 aromatic rings. The Morgan fingerprint density at radius 3 is 1.42 bits per heavy atom. The van der Waals surface area contributed by atoms with Crippen LogP contribution in [-0.4, -0.2) is 42.5 Å². The molecule has 0 aromatic carbocycles. The van der Waals surface area contributed by atoms with Gasteiger partial charge in [-0.2, -0.15) is 0 Å². The molecular formula is C8H19O3Sn. The summed E-state index contributed by atoms with van der Waals surface area (Å²) in [7, 11) is 0. The molecule has 4 heteroatoms. The number of aliphatic carboxylic acids is 1. The molecule has 12 heavy (non-hydrogen) atoms. The molecule has 2 N–H and O–H groups in total. The van der Waals surface area contributed by atoms with Crippen molar-refractivity contribution in [3.05, 3.63) is 0 Å². The van der Waals surface area contributed by atoms with Crippen LogP contribution < -0.4 is 0 Å². The molecule has 73 valence electrons. The first-order chi connectivity index (χ1) is 5.62. The average molecular weight is 282 g/mol. The minimum atomic E-state index is -1.19. The second-order valence-electron chi connectivity index (χ2n) is 2.36. The Morgan fingerprint density at radius 2 is 1.42 bits per heavy atom. The maximum Gasteiger partial charge on any atom is 0.329 e. The van der Waals surface area contributed by atoms with Crippen LogP contribution in [-0.2, 0) is 4.79 Å². The van der Waals surface area contributed by atoms with E-state index < -0.39 is 32.3 Å². The number of carboxylic acid groups (broad SMARTS) is 1. The zero-order valence-electron chi connectivity index (χ0n) is 8.13. The molecular weight excluding hydrogens is 263 g/mol. The molecule has 0 saturated carbocycles. The first-order valence-corrected chi connectivity index (χ1v) is 10.3. The van der Waals surface area contributed by atoms with Gasteiger partial charge in [-0.05, 0) is 0 Å². The summed E-state index contributed by atoms with van der Waals surface area (Å²) < 4.78 is 4.65. The van der Waals surface area contributed by atoms with Gasteiger partial charge in [-0.3, -0.25) is 0 Å². The number of aliphatic hydroxyl groups is 1. The van der Waals surface area contributed by atoms with Gasteiger partial charge in [0.15, 0.2) is 0 Å². The van der Waals surface area contributed by atoms with Crippen molar-refractivity contribution < 1.29 is 15.0 Å². The Bertz CT molecular complexity index is 97.0. The maximum absolute atomic E-state index is 9.12. The van der Waals surface area contributed by atoms with Crippen LogP contribution in [0.15, 0.2) is 0 Å². The third-order valence-corrected chi connectivity index (χ3v) is 10.2. The quantitative estimate of drug-likeness (QED) is 0.770. The molecule has 0 bridgehead atoms. The normalized spacial score (nSPS) is 9.08. The molecule has 0 spiro atoms. The molecule has 0 saturated heterocycles. The largest absolute Gasteiger partial charge is 0.480 e. The Morgan fingerprint density at radius 1 is 1.17 bits per heavy atom. The summed E-state index contributed by atoms with van der Waals surface area (Å²) >= 11 is -0.653. The summed E-state index contributed by atoms with van der Waals surface area (Å²) in [6.45, 7) is 6.27. The summed E-state index contributed by atoms with van der Waals surface area (Å²) in [6, 6.07) is 0. The summed E-state index contributed by atoms with van der Waals surface area (Å²) in [5.74, 6) is -1.19. The van der Waals surface area contributed by atoms with Gasteiger partial charge in [-0.15, -0.1) is 0 Å². The first kappa shape index (κ1) is 14.7. The van der Waals surface area contributed by atoms with Gasteiger partial charge in [0.1, 0.15) is 6.61 Å². The van der Waals surface area contributed by atoms with Crippen molar-refractivity contribution in [1.82, 2.24) is 0 Å². The Kier molecular flexibility index (Phi) is 13.8. The minimum absolute atomic E-state index is 0.653. The molecule has 0 aromatic heterocycles. The maximum atomic E-state index is 9.12. The number of hydrogen-bond donors (Lipinski definition) is 2. The number of rotatable bonds is 4. The van der Waals surface area contributed by atoms with E-state index in [1.807, 2.05) is 0 Å². The minimum Gasteiger partial charge on any atom is -0.480 e. The van der Waals surface area contributed by atoms with Gasteiger partial charge in [-0.1, -0.05) is 0 Å². The van der Waals surface area contributed by atoms with Crippen LogP contribution in [0, 0.1) is 0 Å². The van der Waals surface area contributed by atoms with Crippen LogP contribution in [0.25, 0.3) is 0 Å². The van der Waals surface area contributed by atoms with Crippen LogP contribution in [0.3, 0.4) is 0 Å². The van der Waals surface area contributed by atoms with Gasteiger partial charge < -0.3 is 10.2 Å². The van der Waals surface area contributed by atoms with Crippen molar-refractivity contribution in [3.63, 3.8) is 0 Å². The van der Waals surface area contributed by atoms with Crippen LogP contribution in [0.2, 0.25) is 13.3 Å². The fourth-order valence-corrected chi connectivity index (χ4v) is 5.03. The van der Waals surface area contributed by atoms with Crippen LogP contribution in [0.5, 0.6) is 0 Å². The van der Waals surface area contributed by atoms with E-state index in [-0.39, 0.29) is 0 Å². The van der Waals surface area contributed by atoms with Crippen molar-refractivity contribution in [2.45, 2.75) is 34.1 Å². The zero-order chi connectivity index (χ0) is 9.98. The van der Waals surface area contributed by atoms with Gasteiger partial charge in [0, 0.05) is 0 Å². The smallest absolute Gasteiger partial charge is 0.329 e. The standard InChI is InChI=1S/C2H4O3.3C2H5.Sn/c3-1-2(4)5;3*1-2;/h3H,1H2,(H,4,5);3*1H2,2H3;. The molecule has 0 rings (SSSR count). The Labute approximate surface area is 81.5 Å². The molecule has 0 unspecified atom stereocenters. The molecule has 0 atom stereocenters. The molecule has 0 amide bonds. The fourth-order valence-electron chi connectivity index (χ4n) is 0.750. The third-order valence-electron chi connectivity index (χ3n) is 1.64. The van der Waals surface area contributed by atoms with Crippen LogP contribution in [0.4, 0.5) is 0 Å². The molecule has 0 aliphatic rings. The van der Waals surface area contributed by atoms with E-state index in [1.165, 1.54) is 0 Å². The Hall–Kier alpha value is 0.229. The van der Waals surface area contributed by atoms with Gasteiger partial charge in [0.25, 0.3) is 0 Å². The molecule has 0 aliphatic carbocycles. The molecule has 0 aliphatic heterocycles. The van der Waals surface area contributed by atoms with E-state index in [0.29, 0.717) is 0 Å². The molecule has 3 nitrogen and oxygen atoms in total. The monoisotopic (exact) mass is 283 g/mol. The van der Waals surface area contributed by atoms with Crippen LogP contribution >= 0.6 is 0 Å². The average Bonchev–Trinajstić information content (AvgIpc) is 2.09. The van der Waals surface area contributed by atoms with Crippen molar-refractivity contribution in [2.75, 3.05) is 6.61 Å². The van der Waals surface area contributed by atoms with Gasteiger partial charge in [-0.25, -0.2) is 4.79 Å². The van der Waals surface area contributed by atoms with E-state index in [0.717, 1.165) is 0 Å². The van der Waals surface area contributed by atoms with E-state index in [1.54, 1.807) is 13.3 Å². The number of aliphatic hydroxyl groups excluding tert-OH is 1. The Balaban J connectivity index is 0. The van der Waals surface area contributed by atoms with Crippen molar-refractivity contribution in [1.29, 1.82) is 0 Å². The van der Waals surface area contributed by atoms with Crippen LogP contribution in [0.1, 0.15) is 20.8 Å². The predicted molar refractivity (Wildman–Crippen MR) is 51.9 cm³/mol.